The number of hydrogen-bond donors (Lipinski definition) is 0. The van der Waals surface area contributed by atoms with Gasteiger partial charge >= 0.3 is 0 Å². The van der Waals surface area contributed by atoms with E-state index in [2.05, 4.69) is 22.2 Å². The van der Waals surface area contributed by atoms with Gasteiger partial charge in [-0.3, -0.25) is 0 Å². The molecule has 0 saturated heterocycles. The number of nitrogens with zero attached hydrogens (tertiary/aromatic N) is 2. The maximum atomic E-state index is 4.28. The predicted molar refractivity (Wildman–Crippen MR) is 26.7 cm³/mol. The van der Waals surface area contributed by atoms with E-state index in [1.165, 1.54) is 0 Å². The fourth-order valence-electron chi connectivity index (χ4n) is 0.250. The van der Waals surface area contributed by atoms with Gasteiger partial charge in [-0.25, -0.2) is 0 Å². The highest BCUT2D eigenvalue weighted by Gasteiger charge is 1.91. The molecule has 38 valence electrons. The summed E-state index contributed by atoms with van der Waals surface area (Å²) >= 11 is 0. The van der Waals surface area contributed by atoms with Crippen molar-refractivity contribution < 1.29 is 4.94 Å². The molecule has 1 heterocycles. The first-order chi connectivity index (χ1) is 3.30. The highest BCUT2D eigenvalue weighted by molar-refractivity contribution is 6.00. The van der Waals surface area contributed by atoms with Crippen LogP contribution in [0.2, 0.25) is 0 Å². The minimum atomic E-state index is 0.611. The third kappa shape index (κ3) is 0.559. The molecule has 0 bridgehead atoms. The lowest BCUT2D eigenvalue weighted by Crippen LogP contribution is -1.83. The fraction of sp³-hybridized carbons (Fsp3) is 0.250. The van der Waals surface area contributed by atoms with Gasteiger partial charge in [0.15, 0.2) is 0 Å². The van der Waals surface area contributed by atoms with E-state index in [-0.39, 0.29) is 0 Å². The molecule has 0 saturated carbocycles. The molecule has 0 unspecified atom stereocenters. The average molecular weight is 97.1 g/mol. The third-order valence-electron chi connectivity index (χ3n) is 0.746. The van der Waals surface area contributed by atoms with Crippen molar-refractivity contribution in [1.29, 1.82) is 0 Å². The Labute approximate surface area is 41.6 Å². The molecular formula is C4H5N2O-. The molecular weight excluding hydrogens is 92.1 g/mol. The van der Waals surface area contributed by atoms with Crippen molar-refractivity contribution in [2.24, 2.45) is 5.16 Å². The normalized spacial score (nSPS) is 17.9. The van der Waals surface area contributed by atoms with Gasteiger partial charge in [-0.05, 0) is 6.92 Å². The average Bonchev–Trinajstić information content (AvgIpc) is 1.91. The highest BCUT2D eigenvalue weighted by atomic mass is 16.8. The van der Waals surface area contributed by atoms with Crippen LogP contribution in [0.1, 0.15) is 6.92 Å². The zero-order valence-electron chi connectivity index (χ0n) is 4.01. The first-order valence-electron chi connectivity index (χ1n) is 1.92. The number of hydroxylamine groups is 1. The highest BCUT2D eigenvalue weighted by Crippen LogP contribution is 2.13. The minimum absolute atomic E-state index is 0.611. The van der Waals surface area contributed by atoms with Crippen LogP contribution in [0.5, 0.6) is 0 Å². The summed E-state index contributed by atoms with van der Waals surface area (Å²) < 4.78 is 0. The van der Waals surface area contributed by atoms with Crippen molar-refractivity contribution in [1.82, 2.24) is 0 Å². The van der Waals surface area contributed by atoms with Crippen molar-refractivity contribution in [3.63, 3.8) is 0 Å². The lowest BCUT2D eigenvalue weighted by atomic mass is 10.4. The van der Waals surface area contributed by atoms with E-state index in [0.29, 0.717) is 5.70 Å². The van der Waals surface area contributed by atoms with Gasteiger partial charge in [0, 0.05) is 0 Å². The van der Waals surface area contributed by atoms with Crippen LogP contribution in [-0.4, -0.2) is 5.71 Å². The van der Waals surface area contributed by atoms with Crippen LogP contribution < -0.4 is 0 Å². The maximum Gasteiger partial charge on any atom is 0.0626 e. The molecule has 0 aromatic heterocycles. The van der Waals surface area contributed by atoms with E-state index in [0.717, 1.165) is 5.71 Å². The van der Waals surface area contributed by atoms with Crippen LogP contribution in [0.25, 0.3) is 5.48 Å². The SMILES string of the molecule is C=C1[N-]ON=C1C. The molecule has 7 heavy (non-hydrogen) atoms. The summed E-state index contributed by atoms with van der Waals surface area (Å²) in [5.74, 6) is 0. The van der Waals surface area contributed by atoms with Gasteiger partial charge in [-0.15, -0.1) is 11.7 Å². The van der Waals surface area contributed by atoms with E-state index < -0.39 is 0 Å². The first-order valence-corrected chi connectivity index (χ1v) is 1.92. The molecule has 0 fully saturated rings. The summed E-state index contributed by atoms with van der Waals surface area (Å²) in [4.78, 5) is 4.28. The molecule has 0 aliphatic carbocycles. The van der Waals surface area contributed by atoms with E-state index in [1.807, 2.05) is 0 Å². The number of rotatable bonds is 0. The molecule has 1 aliphatic heterocycles. The van der Waals surface area contributed by atoms with E-state index >= 15 is 0 Å². The fourth-order valence-corrected chi connectivity index (χ4v) is 0.250. The Hall–Kier alpha value is -0.990. The van der Waals surface area contributed by atoms with E-state index in [1.54, 1.807) is 6.92 Å². The van der Waals surface area contributed by atoms with Crippen LogP contribution in [0, 0.1) is 0 Å². The van der Waals surface area contributed by atoms with Gasteiger partial charge in [0.1, 0.15) is 0 Å². The standard InChI is InChI=1S/C4H5N2O/c1-3-4(2)6-7-5-3/h1H2,2H3/q-1. The summed E-state index contributed by atoms with van der Waals surface area (Å²) in [5, 5.41) is 3.47. The Morgan fingerprint density at radius 1 is 1.86 bits per heavy atom. The molecule has 0 N–H and O–H groups in total. The Bertz CT molecular complexity index is 128. The van der Waals surface area contributed by atoms with Crippen molar-refractivity contribution in [2.45, 2.75) is 6.92 Å². The predicted octanol–water partition coefficient (Wildman–Crippen LogP) is 1.19. The summed E-state index contributed by atoms with van der Waals surface area (Å²) in [6.45, 7) is 5.30. The third-order valence-corrected chi connectivity index (χ3v) is 0.746. The summed E-state index contributed by atoms with van der Waals surface area (Å²) in [6, 6.07) is 0. The van der Waals surface area contributed by atoms with Gasteiger partial charge < -0.3 is 10.4 Å². The number of hydrogen-bond acceptors (Lipinski definition) is 2. The van der Waals surface area contributed by atoms with Gasteiger partial charge in [-0.2, -0.15) is 0 Å². The molecule has 1 aliphatic rings. The first kappa shape index (κ1) is 4.18. The quantitative estimate of drug-likeness (QED) is 0.447. The molecule has 3 nitrogen and oxygen atoms in total. The zero-order valence-corrected chi connectivity index (χ0v) is 4.01. The van der Waals surface area contributed by atoms with Crippen molar-refractivity contribution in [3.05, 3.63) is 17.8 Å². The molecule has 0 aromatic rings. The van der Waals surface area contributed by atoms with Crippen molar-refractivity contribution in [3.8, 4) is 0 Å². The van der Waals surface area contributed by atoms with Gasteiger partial charge in [0.05, 0.1) is 5.71 Å². The monoisotopic (exact) mass is 97.0 g/mol. The smallest absolute Gasteiger partial charge is 0.0626 e. The number of allylic oxidation sites excluding steroid dienone is 1. The van der Waals surface area contributed by atoms with Crippen molar-refractivity contribution in [2.75, 3.05) is 0 Å². The molecule has 0 radical (unpaired) electrons. The van der Waals surface area contributed by atoms with Crippen LogP contribution in [0.15, 0.2) is 17.4 Å². The van der Waals surface area contributed by atoms with Crippen LogP contribution in [0.3, 0.4) is 0 Å². The molecule has 1 rings (SSSR count). The van der Waals surface area contributed by atoms with Gasteiger partial charge in [-0.1, -0.05) is 5.70 Å². The summed E-state index contributed by atoms with van der Waals surface area (Å²) in [6.07, 6.45) is 0. The summed E-state index contributed by atoms with van der Waals surface area (Å²) in [5.41, 5.74) is 4.78. The Balaban J connectivity index is 2.72. The molecule has 0 amide bonds. The maximum absolute atomic E-state index is 4.28. The zero-order chi connectivity index (χ0) is 5.28. The lowest BCUT2D eigenvalue weighted by molar-refractivity contribution is 0.254. The van der Waals surface area contributed by atoms with Gasteiger partial charge in [0.25, 0.3) is 0 Å². The minimum Gasteiger partial charge on any atom is -0.479 e. The largest absolute Gasteiger partial charge is 0.479 e. The molecule has 0 atom stereocenters. The van der Waals surface area contributed by atoms with E-state index in [4.69, 9.17) is 0 Å². The van der Waals surface area contributed by atoms with E-state index in [9.17, 15) is 0 Å². The Morgan fingerprint density at radius 2 is 2.57 bits per heavy atom. The Morgan fingerprint density at radius 3 is 2.71 bits per heavy atom. The molecule has 3 heteroatoms. The number of oxime groups is 1. The molecule has 0 aromatic carbocycles. The van der Waals surface area contributed by atoms with Crippen LogP contribution >= 0.6 is 0 Å². The Kier molecular flexibility index (Phi) is 0.749. The second-order valence-electron chi connectivity index (χ2n) is 1.30. The van der Waals surface area contributed by atoms with Crippen LogP contribution in [-0.2, 0) is 4.94 Å². The second-order valence-corrected chi connectivity index (χ2v) is 1.30. The van der Waals surface area contributed by atoms with Crippen molar-refractivity contribution >= 4 is 5.71 Å². The molecule has 0 spiro atoms. The lowest BCUT2D eigenvalue weighted by Gasteiger charge is -2.06. The van der Waals surface area contributed by atoms with Crippen LogP contribution in [0.4, 0.5) is 0 Å². The summed E-state index contributed by atoms with van der Waals surface area (Å²) in [7, 11) is 0. The topological polar surface area (TPSA) is 35.7 Å². The second kappa shape index (κ2) is 1.26. The van der Waals surface area contributed by atoms with Gasteiger partial charge in [0.2, 0.25) is 0 Å².